The summed E-state index contributed by atoms with van der Waals surface area (Å²) < 4.78 is 0. The zero-order valence-corrected chi connectivity index (χ0v) is 17.2. The molecule has 154 valence electrons. The average Bonchev–Trinajstić information content (AvgIpc) is 2.78. The van der Waals surface area contributed by atoms with Gasteiger partial charge in [-0.15, -0.1) is 0 Å². The maximum Gasteiger partial charge on any atom is 0.226 e. The van der Waals surface area contributed by atoms with Crippen LogP contribution in [0.25, 0.3) is 18.2 Å². The number of hydrogen-bond acceptors (Lipinski definition) is 3. The molecule has 1 unspecified atom stereocenters. The topological polar surface area (TPSA) is 62.3 Å². The normalized spacial score (nSPS) is 15.0. The number of rotatable bonds is 5. The predicted molar refractivity (Wildman–Crippen MR) is 124 cm³/mol. The van der Waals surface area contributed by atoms with Crippen molar-refractivity contribution in [1.82, 2.24) is 9.88 Å². The Kier molecular flexibility index (Phi) is 6.03. The number of amides is 2. The van der Waals surface area contributed by atoms with Crippen LogP contribution in [0.2, 0.25) is 0 Å². The molecule has 1 atom stereocenters. The fourth-order valence-corrected chi connectivity index (χ4v) is 3.68. The number of hydrogen-bond donors (Lipinski definition) is 1. The molecule has 1 aliphatic rings. The van der Waals surface area contributed by atoms with Crippen LogP contribution < -0.4 is 5.32 Å². The first-order valence-electron chi connectivity index (χ1n) is 10.2. The highest BCUT2D eigenvalue weighted by atomic mass is 16.2. The van der Waals surface area contributed by atoms with Gasteiger partial charge in [0.15, 0.2) is 0 Å². The van der Waals surface area contributed by atoms with Crippen LogP contribution in [0.3, 0.4) is 0 Å². The van der Waals surface area contributed by atoms with E-state index in [0.29, 0.717) is 5.69 Å². The van der Waals surface area contributed by atoms with Gasteiger partial charge in [-0.3, -0.25) is 14.6 Å². The van der Waals surface area contributed by atoms with Gasteiger partial charge in [0.05, 0.1) is 18.2 Å². The molecule has 1 aliphatic heterocycles. The highest BCUT2D eigenvalue weighted by Crippen LogP contribution is 2.33. The second-order valence-corrected chi connectivity index (χ2v) is 7.35. The molecule has 2 heterocycles. The Morgan fingerprint density at radius 2 is 1.87 bits per heavy atom. The van der Waals surface area contributed by atoms with Crippen molar-refractivity contribution in [2.24, 2.45) is 0 Å². The minimum absolute atomic E-state index is 0.0924. The smallest absolute Gasteiger partial charge is 0.226 e. The Balaban J connectivity index is 1.48. The van der Waals surface area contributed by atoms with Gasteiger partial charge in [-0.2, -0.15) is 0 Å². The fourth-order valence-electron chi connectivity index (χ4n) is 3.68. The van der Waals surface area contributed by atoms with Gasteiger partial charge >= 0.3 is 0 Å². The van der Waals surface area contributed by atoms with E-state index in [2.05, 4.69) is 10.3 Å². The maximum atomic E-state index is 12.8. The molecule has 0 saturated carbocycles. The lowest BCUT2D eigenvalue weighted by atomic mass is 9.93. The number of nitrogens with zero attached hydrogens (tertiary/aromatic N) is 2. The van der Waals surface area contributed by atoms with E-state index in [1.54, 1.807) is 17.3 Å². The standard InChI is InChI=1S/C26H23N3O2/c1-19(30)29-16-14-21-8-2-3-11-24(21)25(29)18-26(31)28-23-10-6-7-20(17-23)12-13-22-9-4-5-15-27-22/h2-17,25H,18H2,1H3,(H,28,31)/b13-12+. The van der Waals surface area contributed by atoms with Gasteiger partial charge in [-0.1, -0.05) is 48.5 Å². The van der Waals surface area contributed by atoms with Gasteiger partial charge in [0.2, 0.25) is 11.8 Å². The molecule has 1 N–H and O–H groups in total. The summed E-state index contributed by atoms with van der Waals surface area (Å²) in [5.74, 6) is -0.239. The van der Waals surface area contributed by atoms with E-state index in [1.807, 2.05) is 85.0 Å². The second-order valence-electron chi connectivity index (χ2n) is 7.35. The lowest BCUT2D eigenvalue weighted by molar-refractivity contribution is -0.129. The van der Waals surface area contributed by atoms with E-state index < -0.39 is 0 Å². The average molecular weight is 409 g/mol. The maximum absolute atomic E-state index is 12.8. The van der Waals surface area contributed by atoms with Crippen molar-refractivity contribution in [2.45, 2.75) is 19.4 Å². The fraction of sp³-hybridized carbons (Fsp3) is 0.115. The van der Waals surface area contributed by atoms with Gasteiger partial charge in [-0.05, 0) is 53.1 Å². The molecule has 0 radical (unpaired) electrons. The molecule has 0 fully saturated rings. The summed E-state index contributed by atoms with van der Waals surface area (Å²) in [7, 11) is 0. The van der Waals surface area contributed by atoms with Gasteiger partial charge in [0, 0.05) is 25.0 Å². The largest absolute Gasteiger partial charge is 0.326 e. The van der Waals surface area contributed by atoms with Crippen LogP contribution in [0, 0.1) is 0 Å². The number of nitrogens with one attached hydrogen (secondary N) is 1. The van der Waals surface area contributed by atoms with Crippen molar-refractivity contribution in [2.75, 3.05) is 5.32 Å². The predicted octanol–water partition coefficient (Wildman–Crippen LogP) is 5.15. The first-order chi connectivity index (χ1) is 15.1. The number of benzene rings is 2. The molecule has 0 spiro atoms. The van der Waals surface area contributed by atoms with Gasteiger partial charge in [0.1, 0.15) is 0 Å². The molecule has 0 aliphatic carbocycles. The van der Waals surface area contributed by atoms with E-state index >= 15 is 0 Å². The van der Waals surface area contributed by atoms with Crippen molar-refractivity contribution in [3.63, 3.8) is 0 Å². The van der Waals surface area contributed by atoms with Crippen LogP contribution in [0.5, 0.6) is 0 Å². The van der Waals surface area contributed by atoms with Crippen molar-refractivity contribution in [3.05, 3.63) is 102 Å². The summed E-state index contributed by atoms with van der Waals surface area (Å²) in [5, 5.41) is 2.97. The van der Waals surface area contributed by atoms with Crippen LogP contribution >= 0.6 is 0 Å². The molecule has 2 amide bonds. The van der Waals surface area contributed by atoms with Crippen LogP contribution in [0.4, 0.5) is 5.69 Å². The molecular formula is C26H23N3O2. The Hall–Kier alpha value is -3.99. The third-order valence-corrected chi connectivity index (χ3v) is 5.15. The van der Waals surface area contributed by atoms with Crippen molar-refractivity contribution < 1.29 is 9.59 Å². The van der Waals surface area contributed by atoms with Crippen LogP contribution in [0.15, 0.2) is 79.1 Å². The van der Waals surface area contributed by atoms with E-state index in [9.17, 15) is 9.59 Å². The molecule has 31 heavy (non-hydrogen) atoms. The third kappa shape index (κ3) is 4.95. The first-order valence-corrected chi connectivity index (χ1v) is 10.2. The number of carbonyl (C=O) groups excluding carboxylic acids is 2. The Morgan fingerprint density at radius 1 is 1.03 bits per heavy atom. The summed E-state index contributed by atoms with van der Waals surface area (Å²) in [6.07, 6.45) is 9.47. The van der Waals surface area contributed by atoms with Crippen LogP contribution in [-0.4, -0.2) is 21.7 Å². The second kappa shape index (κ2) is 9.22. The Bertz CT molecular complexity index is 1150. The zero-order valence-electron chi connectivity index (χ0n) is 17.2. The molecule has 5 heteroatoms. The minimum Gasteiger partial charge on any atom is -0.326 e. The summed E-state index contributed by atoms with van der Waals surface area (Å²) >= 11 is 0. The molecule has 0 saturated heterocycles. The molecule has 3 aromatic rings. The highest BCUT2D eigenvalue weighted by Gasteiger charge is 2.28. The van der Waals surface area contributed by atoms with E-state index in [-0.39, 0.29) is 24.3 Å². The van der Waals surface area contributed by atoms with Gasteiger partial charge in [0.25, 0.3) is 0 Å². The number of aromatic nitrogens is 1. The summed E-state index contributed by atoms with van der Waals surface area (Å²) in [6.45, 7) is 1.51. The van der Waals surface area contributed by atoms with E-state index in [0.717, 1.165) is 22.4 Å². The lowest BCUT2D eigenvalue weighted by Gasteiger charge is -2.32. The minimum atomic E-state index is -0.328. The van der Waals surface area contributed by atoms with E-state index in [1.165, 1.54) is 6.92 Å². The first kappa shape index (κ1) is 20.3. The van der Waals surface area contributed by atoms with E-state index in [4.69, 9.17) is 0 Å². The van der Waals surface area contributed by atoms with Crippen molar-refractivity contribution in [1.29, 1.82) is 0 Å². The Labute approximate surface area is 181 Å². The number of carbonyl (C=O) groups is 2. The molecule has 2 aromatic carbocycles. The molecule has 1 aromatic heterocycles. The van der Waals surface area contributed by atoms with Crippen molar-refractivity contribution in [3.8, 4) is 0 Å². The van der Waals surface area contributed by atoms with Crippen molar-refractivity contribution >= 4 is 35.7 Å². The van der Waals surface area contributed by atoms with Gasteiger partial charge in [-0.25, -0.2) is 0 Å². The summed E-state index contributed by atoms with van der Waals surface area (Å²) in [5.41, 5.74) is 4.54. The molecule has 4 rings (SSSR count). The molecule has 0 bridgehead atoms. The number of fused-ring (bicyclic) bond motifs is 1. The Morgan fingerprint density at radius 3 is 2.68 bits per heavy atom. The number of pyridine rings is 1. The summed E-state index contributed by atoms with van der Waals surface area (Å²) in [4.78, 5) is 30.9. The molecular weight excluding hydrogens is 386 g/mol. The number of anilines is 1. The van der Waals surface area contributed by atoms with Crippen LogP contribution in [0.1, 0.15) is 41.8 Å². The quantitative estimate of drug-likeness (QED) is 0.634. The zero-order chi connectivity index (χ0) is 21.6. The lowest BCUT2D eigenvalue weighted by Crippen LogP contribution is -2.33. The molecule has 5 nitrogen and oxygen atoms in total. The monoisotopic (exact) mass is 409 g/mol. The third-order valence-electron chi connectivity index (χ3n) is 5.15. The SMILES string of the molecule is CC(=O)N1C=Cc2ccccc2C1CC(=O)Nc1cccc(/C=C/c2ccccn2)c1. The van der Waals surface area contributed by atoms with Crippen LogP contribution in [-0.2, 0) is 9.59 Å². The summed E-state index contributed by atoms with van der Waals surface area (Å²) in [6, 6.07) is 20.9. The van der Waals surface area contributed by atoms with Gasteiger partial charge < -0.3 is 10.2 Å². The highest BCUT2D eigenvalue weighted by molar-refractivity contribution is 5.92.